The molecule has 0 radical (unpaired) electrons. The molecule has 1 heterocycles. The summed E-state index contributed by atoms with van der Waals surface area (Å²) in [4.78, 5) is 26.4. The Kier molecular flexibility index (Phi) is 4.80. The maximum absolute atomic E-state index is 12.4. The van der Waals surface area contributed by atoms with Crippen molar-refractivity contribution in [2.75, 3.05) is 6.54 Å². The van der Waals surface area contributed by atoms with Crippen LogP contribution < -0.4 is 0 Å². The molecular weight excluding hydrogens is 350 g/mol. The zero-order chi connectivity index (χ0) is 19.6. The van der Waals surface area contributed by atoms with Crippen molar-refractivity contribution in [1.82, 2.24) is 4.90 Å². The quantitative estimate of drug-likeness (QED) is 0.695. The number of benzene rings is 3. The van der Waals surface area contributed by atoms with Crippen LogP contribution in [0.1, 0.15) is 23.1 Å². The van der Waals surface area contributed by atoms with E-state index in [1.165, 1.54) is 0 Å². The van der Waals surface area contributed by atoms with E-state index in [-0.39, 0.29) is 18.7 Å². The van der Waals surface area contributed by atoms with Crippen LogP contribution in [0.3, 0.4) is 0 Å². The van der Waals surface area contributed by atoms with Crippen LogP contribution in [0, 0.1) is 0 Å². The summed E-state index contributed by atoms with van der Waals surface area (Å²) in [6, 6.07) is 28.6. The zero-order valence-electron chi connectivity index (χ0n) is 15.4. The van der Waals surface area contributed by atoms with Crippen LogP contribution in [0.5, 0.6) is 0 Å². The Morgan fingerprint density at radius 2 is 1.18 bits per heavy atom. The molecule has 0 amide bonds. The van der Waals surface area contributed by atoms with Gasteiger partial charge in [-0.25, -0.2) is 0 Å². The highest BCUT2D eigenvalue weighted by atomic mass is 16.4. The van der Waals surface area contributed by atoms with E-state index in [2.05, 4.69) is 0 Å². The molecule has 28 heavy (non-hydrogen) atoms. The molecule has 3 aromatic rings. The van der Waals surface area contributed by atoms with E-state index in [1.54, 1.807) is 0 Å². The molecule has 1 atom stereocenters. The van der Waals surface area contributed by atoms with Gasteiger partial charge in [0.15, 0.2) is 0 Å². The fraction of sp³-hybridized carbons (Fsp3) is 0.167. The number of nitrogens with zero attached hydrogens (tertiary/aromatic N) is 1. The molecule has 1 aliphatic rings. The lowest BCUT2D eigenvalue weighted by Crippen LogP contribution is -2.52. The summed E-state index contributed by atoms with van der Waals surface area (Å²) >= 11 is 0. The first-order valence-corrected chi connectivity index (χ1v) is 9.32. The van der Waals surface area contributed by atoms with Gasteiger partial charge < -0.3 is 5.11 Å². The van der Waals surface area contributed by atoms with Gasteiger partial charge in [-0.05, 0) is 16.7 Å². The number of carboxylic acid groups (broad SMARTS) is 1. The van der Waals surface area contributed by atoms with Crippen molar-refractivity contribution in [2.24, 2.45) is 0 Å². The molecule has 1 fully saturated rings. The van der Waals surface area contributed by atoms with Crippen molar-refractivity contribution < 1.29 is 14.7 Å². The van der Waals surface area contributed by atoms with E-state index in [0.717, 1.165) is 16.7 Å². The molecule has 1 aliphatic heterocycles. The Morgan fingerprint density at radius 1 is 0.786 bits per heavy atom. The van der Waals surface area contributed by atoms with Crippen molar-refractivity contribution in [3.8, 4) is 0 Å². The van der Waals surface area contributed by atoms with Gasteiger partial charge in [0.2, 0.25) is 0 Å². The number of carboxylic acids is 1. The van der Waals surface area contributed by atoms with Gasteiger partial charge in [-0.1, -0.05) is 91.0 Å². The third-order valence-electron chi connectivity index (χ3n) is 5.43. The van der Waals surface area contributed by atoms with E-state index in [9.17, 15) is 14.7 Å². The Morgan fingerprint density at radius 3 is 1.54 bits per heavy atom. The minimum Gasteiger partial charge on any atom is -0.480 e. The molecule has 0 bridgehead atoms. The van der Waals surface area contributed by atoms with Gasteiger partial charge in [-0.15, -0.1) is 0 Å². The SMILES string of the molecule is O=C1CC(C(=O)O)N(C(c2ccccc2)(c2ccccc2)c2ccccc2)C1. The zero-order valence-corrected chi connectivity index (χ0v) is 15.4. The summed E-state index contributed by atoms with van der Waals surface area (Å²) in [5, 5.41) is 9.91. The number of ketones is 1. The summed E-state index contributed by atoms with van der Waals surface area (Å²) in [6.45, 7) is 0.0929. The van der Waals surface area contributed by atoms with Crippen LogP contribution in [0.15, 0.2) is 91.0 Å². The highest BCUT2D eigenvalue weighted by Crippen LogP contribution is 2.45. The van der Waals surface area contributed by atoms with Crippen molar-refractivity contribution in [1.29, 1.82) is 0 Å². The van der Waals surface area contributed by atoms with E-state index < -0.39 is 17.6 Å². The number of likely N-dealkylation sites (tertiary alicyclic amines) is 1. The first-order chi connectivity index (χ1) is 13.6. The normalized spacial score (nSPS) is 17.6. The molecule has 1 N–H and O–H groups in total. The minimum atomic E-state index is -0.974. The average Bonchev–Trinajstić information content (AvgIpc) is 3.13. The third kappa shape index (κ3) is 2.92. The van der Waals surface area contributed by atoms with Crippen molar-refractivity contribution >= 4 is 11.8 Å². The van der Waals surface area contributed by atoms with Crippen molar-refractivity contribution in [3.63, 3.8) is 0 Å². The summed E-state index contributed by atoms with van der Waals surface area (Å²) in [5.41, 5.74) is 1.94. The molecule has 4 heteroatoms. The van der Waals surface area contributed by atoms with E-state index in [0.29, 0.717) is 0 Å². The minimum absolute atomic E-state index is 0.0174. The monoisotopic (exact) mass is 371 g/mol. The lowest BCUT2D eigenvalue weighted by molar-refractivity contribution is -0.143. The fourth-order valence-electron chi connectivity index (χ4n) is 4.30. The van der Waals surface area contributed by atoms with Gasteiger partial charge in [-0.2, -0.15) is 0 Å². The van der Waals surface area contributed by atoms with Crippen LogP contribution in [-0.2, 0) is 15.1 Å². The molecule has 1 unspecified atom stereocenters. The Labute approximate surface area is 164 Å². The predicted octanol–water partition coefficient (Wildman–Crippen LogP) is 3.71. The Balaban J connectivity index is 2.07. The molecule has 0 aliphatic carbocycles. The predicted molar refractivity (Wildman–Crippen MR) is 107 cm³/mol. The van der Waals surface area contributed by atoms with Gasteiger partial charge in [0.25, 0.3) is 0 Å². The van der Waals surface area contributed by atoms with Crippen molar-refractivity contribution in [3.05, 3.63) is 108 Å². The van der Waals surface area contributed by atoms with Gasteiger partial charge in [0.05, 0.1) is 12.1 Å². The topological polar surface area (TPSA) is 57.6 Å². The standard InChI is InChI=1S/C24H21NO3/c26-21-16-22(23(27)28)25(17-21)24(18-10-4-1-5-11-18,19-12-6-2-7-13-19)20-14-8-3-9-15-20/h1-15,22H,16-17H2,(H,27,28). The van der Waals surface area contributed by atoms with Gasteiger partial charge in [0.1, 0.15) is 11.8 Å². The summed E-state index contributed by atoms with van der Waals surface area (Å²) < 4.78 is 0. The maximum Gasteiger partial charge on any atom is 0.321 e. The number of hydrogen-bond donors (Lipinski definition) is 1. The molecule has 0 saturated carbocycles. The van der Waals surface area contributed by atoms with E-state index in [1.807, 2.05) is 95.9 Å². The largest absolute Gasteiger partial charge is 0.480 e. The highest BCUT2D eigenvalue weighted by molar-refractivity contribution is 5.91. The molecule has 4 nitrogen and oxygen atoms in total. The van der Waals surface area contributed by atoms with Crippen LogP contribution in [0.2, 0.25) is 0 Å². The second-order valence-electron chi connectivity index (χ2n) is 7.03. The number of Topliss-reactive ketones (excluding diaryl/α,β-unsaturated/α-hetero) is 1. The van der Waals surface area contributed by atoms with Crippen LogP contribution in [-0.4, -0.2) is 34.3 Å². The number of aliphatic carboxylic acids is 1. The lowest BCUT2D eigenvalue weighted by atomic mass is 9.75. The highest BCUT2D eigenvalue weighted by Gasteiger charge is 2.51. The molecule has 3 aromatic carbocycles. The summed E-state index contributed by atoms with van der Waals surface area (Å²) in [5.74, 6) is -1.03. The molecule has 0 spiro atoms. The van der Waals surface area contributed by atoms with Crippen LogP contribution in [0.4, 0.5) is 0 Å². The molecule has 4 rings (SSSR count). The fourth-order valence-corrected chi connectivity index (χ4v) is 4.30. The second-order valence-corrected chi connectivity index (χ2v) is 7.03. The number of carbonyl (C=O) groups is 2. The smallest absolute Gasteiger partial charge is 0.321 e. The first-order valence-electron chi connectivity index (χ1n) is 9.32. The van der Waals surface area contributed by atoms with Crippen LogP contribution in [0.25, 0.3) is 0 Å². The third-order valence-corrected chi connectivity index (χ3v) is 5.43. The summed E-state index contributed by atoms with van der Waals surface area (Å²) in [6.07, 6.45) is 0.0174. The van der Waals surface area contributed by atoms with Crippen molar-refractivity contribution in [2.45, 2.75) is 18.0 Å². The number of hydrogen-bond acceptors (Lipinski definition) is 3. The molecule has 1 saturated heterocycles. The van der Waals surface area contributed by atoms with Gasteiger partial charge in [-0.3, -0.25) is 14.5 Å². The second kappa shape index (κ2) is 7.41. The lowest BCUT2D eigenvalue weighted by Gasteiger charge is -2.45. The first kappa shape index (κ1) is 18.1. The average molecular weight is 371 g/mol. The van der Waals surface area contributed by atoms with Crippen LogP contribution >= 0.6 is 0 Å². The Hall–Kier alpha value is -3.24. The maximum atomic E-state index is 12.4. The van der Waals surface area contributed by atoms with Gasteiger partial charge >= 0.3 is 5.97 Å². The van der Waals surface area contributed by atoms with Gasteiger partial charge in [0, 0.05) is 6.42 Å². The van der Waals surface area contributed by atoms with E-state index >= 15 is 0 Å². The number of rotatable bonds is 5. The molecule has 140 valence electrons. The Bertz CT molecular complexity index is 874. The summed E-state index contributed by atoms with van der Waals surface area (Å²) in [7, 11) is 0. The van der Waals surface area contributed by atoms with E-state index in [4.69, 9.17) is 0 Å². The molecule has 0 aromatic heterocycles. The molecular formula is C24H21NO3. The number of carbonyl (C=O) groups excluding carboxylic acids is 1.